The van der Waals surface area contributed by atoms with Crippen LogP contribution in [0.3, 0.4) is 0 Å². The van der Waals surface area contributed by atoms with Crippen molar-refractivity contribution in [2.24, 2.45) is 0 Å². The van der Waals surface area contributed by atoms with Crippen molar-refractivity contribution in [3.05, 3.63) is 0 Å². The Kier molecular flexibility index (Phi) is 14.6. The highest BCUT2D eigenvalue weighted by Crippen LogP contribution is 2.32. The van der Waals surface area contributed by atoms with Crippen LogP contribution in [0.15, 0.2) is 0 Å². The van der Waals surface area contributed by atoms with Crippen LogP contribution in [-0.2, 0) is 19.0 Å². The Hall–Kier alpha value is -0.970. The van der Waals surface area contributed by atoms with Gasteiger partial charge in [-0.1, -0.05) is 45.4 Å². The predicted octanol–water partition coefficient (Wildman–Crippen LogP) is -2.18. The molecule has 9 N–H and O–H groups in total. The molecule has 13 heteroatoms. The summed E-state index contributed by atoms with van der Waals surface area (Å²) in [5.41, 5.74) is 0. The molecule has 0 aromatic heterocycles. The van der Waals surface area contributed by atoms with E-state index in [1.165, 1.54) is 32.1 Å². The molecule has 0 unspecified atom stereocenters. The number of aliphatic hydroxyl groups is 8. The molecule has 0 amide bonds. The molecule has 0 aliphatic carbocycles. The van der Waals surface area contributed by atoms with Gasteiger partial charge in [0.2, 0.25) is 5.79 Å². The van der Waals surface area contributed by atoms with Crippen molar-refractivity contribution < 1.29 is 65.0 Å². The highest BCUT2D eigenvalue weighted by atomic mass is 16.8. The summed E-state index contributed by atoms with van der Waals surface area (Å²) in [5, 5.41) is 85.6. The minimum atomic E-state index is -2.25. The lowest BCUT2D eigenvalue weighted by Gasteiger charge is -2.48. The summed E-state index contributed by atoms with van der Waals surface area (Å²) in [7, 11) is 0. The zero-order valence-electron chi connectivity index (χ0n) is 20.1. The molecule has 13 nitrogen and oxygen atoms in total. The summed E-state index contributed by atoms with van der Waals surface area (Å²) >= 11 is 0. The van der Waals surface area contributed by atoms with Crippen LogP contribution in [0.1, 0.15) is 58.3 Å². The Balaban J connectivity index is 0.000000434. The molecule has 0 aromatic rings. The quantitative estimate of drug-likeness (QED) is 0.126. The summed E-state index contributed by atoms with van der Waals surface area (Å²) < 4.78 is 15.2. The molecule has 2 saturated heterocycles. The number of aliphatic hydroxyl groups excluding tert-OH is 8. The third-order valence-electron chi connectivity index (χ3n) is 6.06. The largest absolute Gasteiger partial charge is 0.481 e. The normalized spacial score (nSPS) is 37.4. The van der Waals surface area contributed by atoms with Crippen LogP contribution in [0, 0.1) is 0 Å². The van der Waals surface area contributed by atoms with Gasteiger partial charge in [0.1, 0.15) is 49.3 Å². The van der Waals surface area contributed by atoms with Crippen molar-refractivity contribution in [2.45, 2.75) is 113 Å². The van der Waals surface area contributed by atoms with Gasteiger partial charge in [0.25, 0.3) is 0 Å². The topological polar surface area (TPSA) is 227 Å². The molecule has 0 saturated carbocycles. The summed E-state index contributed by atoms with van der Waals surface area (Å²) in [6, 6.07) is 0. The number of hydrogen-bond acceptors (Lipinski definition) is 12. The standard InChI is InChI=1S/C12H22O11.C10H20O2/c13-1-5-7(17)8(18)9(11(20)22-5)23-12(3-14)10(19)6(16)4(15)2-21-12;1-2-3-4-5-6-7-8-9-10(11)12/h4-11,13-20H,1-3H2;2-9H2,1H3,(H,11,12)/t4-,5-,6-,7-,8+,9-,10+,11+,12+;/m1./s1. The van der Waals surface area contributed by atoms with Crippen LogP contribution in [-0.4, -0.2) is 127 Å². The molecule has 208 valence electrons. The fourth-order valence-electron chi connectivity index (χ4n) is 3.82. The van der Waals surface area contributed by atoms with Gasteiger partial charge in [0.15, 0.2) is 6.29 Å². The first-order valence-electron chi connectivity index (χ1n) is 12.0. The van der Waals surface area contributed by atoms with E-state index >= 15 is 0 Å². The lowest BCUT2D eigenvalue weighted by Crippen LogP contribution is -2.68. The molecule has 0 bridgehead atoms. The first-order valence-corrected chi connectivity index (χ1v) is 12.0. The van der Waals surface area contributed by atoms with Gasteiger partial charge in [0, 0.05) is 6.42 Å². The average molecular weight is 515 g/mol. The Labute approximate surface area is 204 Å². The third kappa shape index (κ3) is 9.44. The predicted molar refractivity (Wildman–Crippen MR) is 119 cm³/mol. The molecule has 2 aliphatic rings. The van der Waals surface area contributed by atoms with Crippen molar-refractivity contribution in [1.29, 1.82) is 0 Å². The number of ether oxygens (including phenoxy) is 3. The van der Waals surface area contributed by atoms with E-state index < -0.39 is 80.6 Å². The fourth-order valence-corrected chi connectivity index (χ4v) is 3.82. The van der Waals surface area contributed by atoms with E-state index in [1.54, 1.807) is 0 Å². The second kappa shape index (κ2) is 16.0. The number of rotatable bonds is 12. The maximum absolute atomic E-state index is 10.1. The van der Waals surface area contributed by atoms with Gasteiger partial charge in [0.05, 0.1) is 13.2 Å². The number of carboxylic acid groups (broad SMARTS) is 1. The SMILES string of the molecule is CCCCCCCCCC(=O)O.OC[C@H]1O[C@H](O)[C@H](O[C@]2(CO)OC[C@@H](O)[C@@H](O)[C@@H]2O)[C@@H](O)[C@@H]1O. The van der Waals surface area contributed by atoms with Crippen molar-refractivity contribution in [3.63, 3.8) is 0 Å². The minimum absolute atomic E-state index is 0.341. The maximum Gasteiger partial charge on any atom is 0.303 e. The number of carbonyl (C=O) groups is 1. The van der Waals surface area contributed by atoms with Gasteiger partial charge < -0.3 is 60.2 Å². The van der Waals surface area contributed by atoms with E-state index in [2.05, 4.69) is 6.92 Å². The van der Waals surface area contributed by atoms with E-state index in [0.29, 0.717) is 6.42 Å². The smallest absolute Gasteiger partial charge is 0.303 e. The lowest BCUT2D eigenvalue weighted by molar-refractivity contribution is -0.399. The molecule has 35 heavy (non-hydrogen) atoms. The van der Waals surface area contributed by atoms with Crippen molar-refractivity contribution >= 4 is 5.97 Å². The summed E-state index contributed by atoms with van der Waals surface area (Å²) in [6.07, 6.45) is -4.45. The monoisotopic (exact) mass is 514 g/mol. The second-order valence-electron chi connectivity index (χ2n) is 8.86. The van der Waals surface area contributed by atoms with Gasteiger partial charge in [-0.05, 0) is 6.42 Å². The zero-order valence-corrected chi connectivity index (χ0v) is 20.1. The van der Waals surface area contributed by atoms with Crippen LogP contribution in [0.4, 0.5) is 0 Å². The number of aliphatic carboxylic acids is 1. The lowest BCUT2D eigenvalue weighted by atomic mass is 9.95. The van der Waals surface area contributed by atoms with E-state index in [0.717, 1.165) is 12.8 Å². The van der Waals surface area contributed by atoms with Gasteiger partial charge in [-0.2, -0.15) is 0 Å². The molecular weight excluding hydrogens is 472 g/mol. The van der Waals surface area contributed by atoms with Gasteiger partial charge in [-0.3, -0.25) is 4.79 Å². The van der Waals surface area contributed by atoms with E-state index in [9.17, 15) is 40.5 Å². The number of carboxylic acids is 1. The van der Waals surface area contributed by atoms with Crippen LogP contribution in [0.25, 0.3) is 0 Å². The van der Waals surface area contributed by atoms with Crippen LogP contribution >= 0.6 is 0 Å². The third-order valence-corrected chi connectivity index (χ3v) is 6.06. The van der Waals surface area contributed by atoms with Crippen molar-refractivity contribution in [1.82, 2.24) is 0 Å². The number of hydrogen-bond donors (Lipinski definition) is 9. The van der Waals surface area contributed by atoms with Gasteiger partial charge in [-0.25, -0.2) is 0 Å². The van der Waals surface area contributed by atoms with Crippen molar-refractivity contribution in [3.8, 4) is 0 Å². The molecule has 0 aromatic carbocycles. The van der Waals surface area contributed by atoms with Gasteiger partial charge >= 0.3 is 5.97 Å². The molecule has 0 spiro atoms. The van der Waals surface area contributed by atoms with Crippen LogP contribution in [0.5, 0.6) is 0 Å². The van der Waals surface area contributed by atoms with Gasteiger partial charge in [-0.15, -0.1) is 0 Å². The first-order chi connectivity index (χ1) is 16.5. The van der Waals surface area contributed by atoms with E-state index in [4.69, 9.17) is 24.4 Å². The highest BCUT2D eigenvalue weighted by Gasteiger charge is 2.55. The minimum Gasteiger partial charge on any atom is -0.481 e. The molecule has 9 atom stereocenters. The van der Waals surface area contributed by atoms with E-state index in [-0.39, 0.29) is 0 Å². The molecule has 2 aliphatic heterocycles. The molecule has 2 fully saturated rings. The Morgan fingerprint density at radius 1 is 0.914 bits per heavy atom. The van der Waals surface area contributed by atoms with Crippen LogP contribution in [0.2, 0.25) is 0 Å². The highest BCUT2D eigenvalue weighted by molar-refractivity contribution is 5.66. The average Bonchev–Trinajstić information content (AvgIpc) is 2.84. The fraction of sp³-hybridized carbons (Fsp3) is 0.955. The Bertz CT molecular complexity index is 594. The molecule has 2 rings (SSSR count). The first kappa shape index (κ1) is 32.1. The maximum atomic E-state index is 10.1. The summed E-state index contributed by atoms with van der Waals surface area (Å²) in [6.45, 7) is 0.0649. The van der Waals surface area contributed by atoms with E-state index in [1.807, 2.05) is 0 Å². The second-order valence-corrected chi connectivity index (χ2v) is 8.86. The van der Waals surface area contributed by atoms with Crippen molar-refractivity contribution in [2.75, 3.05) is 19.8 Å². The Morgan fingerprint density at radius 3 is 2.06 bits per heavy atom. The zero-order chi connectivity index (χ0) is 26.6. The summed E-state index contributed by atoms with van der Waals surface area (Å²) in [5.74, 6) is -2.91. The molecular formula is C22H42O13. The molecule has 2 heterocycles. The number of unbranched alkanes of at least 4 members (excludes halogenated alkanes) is 6. The van der Waals surface area contributed by atoms with Crippen LogP contribution < -0.4 is 0 Å². The Morgan fingerprint density at radius 2 is 1.51 bits per heavy atom. The summed E-state index contributed by atoms with van der Waals surface area (Å²) in [4.78, 5) is 10.1. The molecule has 0 radical (unpaired) electrons.